The zero-order valence-corrected chi connectivity index (χ0v) is 21.1. The molecule has 186 valence electrons. The molecular weight excluding hydrogens is 474 g/mol. The monoisotopic (exact) mass is 503 g/mol. The van der Waals surface area contributed by atoms with Gasteiger partial charge in [-0.1, -0.05) is 60.3 Å². The summed E-state index contributed by atoms with van der Waals surface area (Å²) in [6, 6.07) is 25.4. The van der Waals surface area contributed by atoms with Crippen molar-refractivity contribution in [2.75, 3.05) is 25.3 Å². The van der Waals surface area contributed by atoms with Gasteiger partial charge in [0.05, 0.1) is 26.5 Å². The Kier molecular flexibility index (Phi) is 8.82. The van der Waals surface area contributed by atoms with Crippen LogP contribution in [-0.2, 0) is 17.9 Å². The molecule has 1 amide bonds. The first-order valence-corrected chi connectivity index (χ1v) is 12.6. The average Bonchev–Trinajstić information content (AvgIpc) is 3.34. The standard InChI is InChI=1S/C27H29N5O3S/c1-34-23-14-8-6-10-20(23)18-29-26(33)16-17-36-27-31-30-25(32(27)21-11-4-3-5-12-21)19-28-22-13-7-9-15-24(22)35-2/h3-15,28H,16-19H2,1-2H3,(H,29,33). The average molecular weight is 504 g/mol. The molecule has 0 aliphatic carbocycles. The minimum absolute atomic E-state index is 0.0303. The number of ether oxygens (including phenoxy) is 2. The summed E-state index contributed by atoms with van der Waals surface area (Å²) in [6.45, 7) is 0.884. The van der Waals surface area contributed by atoms with Crippen LogP contribution in [0, 0.1) is 0 Å². The first-order chi connectivity index (χ1) is 17.7. The number of hydrogen-bond donors (Lipinski definition) is 2. The van der Waals surface area contributed by atoms with Gasteiger partial charge in [0, 0.05) is 30.0 Å². The van der Waals surface area contributed by atoms with Crippen molar-refractivity contribution in [1.82, 2.24) is 20.1 Å². The third-order valence-electron chi connectivity index (χ3n) is 5.49. The van der Waals surface area contributed by atoms with E-state index >= 15 is 0 Å². The van der Waals surface area contributed by atoms with E-state index in [4.69, 9.17) is 9.47 Å². The summed E-state index contributed by atoms with van der Waals surface area (Å²) in [4.78, 5) is 12.5. The molecule has 4 rings (SSSR count). The minimum Gasteiger partial charge on any atom is -0.496 e. The van der Waals surface area contributed by atoms with Crippen LogP contribution in [-0.4, -0.2) is 40.6 Å². The molecule has 8 nitrogen and oxygen atoms in total. The minimum atomic E-state index is -0.0303. The molecule has 1 heterocycles. The van der Waals surface area contributed by atoms with Gasteiger partial charge in [-0.15, -0.1) is 10.2 Å². The Morgan fingerprint density at radius 1 is 0.861 bits per heavy atom. The molecule has 0 bridgehead atoms. The normalized spacial score (nSPS) is 10.6. The molecule has 0 atom stereocenters. The van der Waals surface area contributed by atoms with Crippen LogP contribution >= 0.6 is 11.8 Å². The number of para-hydroxylation sites is 4. The lowest BCUT2D eigenvalue weighted by Crippen LogP contribution is -2.23. The number of nitrogens with one attached hydrogen (secondary N) is 2. The van der Waals surface area contributed by atoms with Crippen LogP contribution in [0.25, 0.3) is 5.69 Å². The molecule has 0 aliphatic heterocycles. The molecule has 0 aliphatic rings. The van der Waals surface area contributed by atoms with Crippen LogP contribution in [0.1, 0.15) is 17.8 Å². The second-order valence-electron chi connectivity index (χ2n) is 7.81. The van der Waals surface area contributed by atoms with E-state index < -0.39 is 0 Å². The van der Waals surface area contributed by atoms with Crippen LogP contribution in [0.15, 0.2) is 84.0 Å². The summed E-state index contributed by atoms with van der Waals surface area (Å²) < 4.78 is 12.8. The molecule has 0 unspecified atom stereocenters. The molecule has 1 aromatic heterocycles. The van der Waals surface area contributed by atoms with Crippen LogP contribution < -0.4 is 20.1 Å². The number of hydrogen-bond acceptors (Lipinski definition) is 7. The van der Waals surface area contributed by atoms with Gasteiger partial charge in [-0.05, 0) is 30.3 Å². The first kappa shape index (κ1) is 25.1. The van der Waals surface area contributed by atoms with E-state index in [2.05, 4.69) is 20.8 Å². The zero-order valence-electron chi connectivity index (χ0n) is 20.3. The lowest BCUT2D eigenvalue weighted by atomic mass is 10.2. The maximum absolute atomic E-state index is 12.5. The molecule has 0 saturated heterocycles. The van der Waals surface area contributed by atoms with Gasteiger partial charge in [0.1, 0.15) is 11.5 Å². The van der Waals surface area contributed by atoms with Gasteiger partial charge in [0.25, 0.3) is 0 Å². The largest absolute Gasteiger partial charge is 0.496 e. The van der Waals surface area contributed by atoms with Gasteiger partial charge in [-0.3, -0.25) is 9.36 Å². The SMILES string of the molecule is COc1ccccc1CNC(=O)CCSc1nnc(CNc2ccccc2OC)n1-c1ccccc1. The Labute approximate surface area is 215 Å². The van der Waals surface area contributed by atoms with Gasteiger partial charge >= 0.3 is 0 Å². The van der Waals surface area contributed by atoms with Gasteiger partial charge in [0.15, 0.2) is 11.0 Å². The third-order valence-corrected chi connectivity index (χ3v) is 6.42. The topological polar surface area (TPSA) is 90.3 Å². The molecule has 0 fully saturated rings. The number of carbonyl (C=O) groups excluding carboxylic acids is 1. The highest BCUT2D eigenvalue weighted by Gasteiger charge is 2.16. The Balaban J connectivity index is 1.40. The number of methoxy groups -OCH3 is 2. The first-order valence-electron chi connectivity index (χ1n) is 11.6. The second kappa shape index (κ2) is 12.6. The smallest absolute Gasteiger partial charge is 0.221 e. The summed E-state index contributed by atoms with van der Waals surface area (Å²) in [5, 5.41) is 15.9. The van der Waals surface area contributed by atoms with Gasteiger partial charge < -0.3 is 20.1 Å². The Bertz CT molecular complexity index is 1280. The van der Waals surface area contributed by atoms with Crippen molar-refractivity contribution in [1.29, 1.82) is 0 Å². The Hall–Kier alpha value is -3.98. The van der Waals surface area contributed by atoms with E-state index in [0.717, 1.165) is 39.4 Å². The number of nitrogens with zero attached hydrogens (tertiary/aromatic N) is 3. The molecule has 9 heteroatoms. The molecule has 0 radical (unpaired) electrons. The van der Waals surface area contributed by atoms with Gasteiger partial charge in [0.2, 0.25) is 5.91 Å². The lowest BCUT2D eigenvalue weighted by molar-refractivity contribution is -0.120. The van der Waals surface area contributed by atoms with Gasteiger partial charge in [-0.2, -0.15) is 0 Å². The van der Waals surface area contributed by atoms with Crippen LogP contribution in [0.5, 0.6) is 11.5 Å². The van der Waals surface area contributed by atoms with Crippen molar-refractivity contribution in [3.05, 3.63) is 90.3 Å². The Morgan fingerprint density at radius 2 is 1.56 bits per heavy atom. The summed E-state index contributed by atoms with van der Waals surface area (Å²) in [6.07, 6.45) is 0.357. The van der Waals surface area contributed by atoms with Crippen LogP contribution in [0.2, 0.25) is 0 Å². The molecule has 0 saturated carbocycles. The van der Waals surface area contributed by atoms with E-state index in [1.54, 1.807) is 14.2 Å². The fraction of sp³-hybridized carbons (Fsp3) is 0.222. The van der Waals surface area contributed by atoms with E-state index in [0.29, 0.717) is 25.3 Å². The highest BCUT2D eigenvalue weighted by atomic mass is 32.2. The predicted molar refractivity (Wildman–Crippen MR) is 142 cm³/mol. The second-order valence-corrected chi connectivity index (χ2v) is 8.87. The molecule has 0 spiro atoms. The number of carbonyl (C=O) groups is 1. The quantitative estimate of drug-likeness (QED) is 0.271. The highest BCUT2D eigenvalue weighted by molar-refractivity contribution is 7.99. The lowest BCUT2D eigenvalue weighted by Gasteiger charge is -2.13. The van der Waals surface area contributed by atoms with E-state index in [1.165, 1.54) is 11.8 Å². The van der Waals surface area contributed by atoms with Crippen LogP contribution in [0.4, 0.5) is 5.69 Å². The Morgan fingerprint density at radius 3 is 2.33 bits per heavy atom. The van der Waals surface area contributed by atoms with E-state index in [-0.39, 0.29) is 5.91 Å². The van der Waals surface area contributed by atoms with Crippen molar-refractivity contribution < 1.29 is 14.3 Å². The molecule has 4 aromatic rings. The van der Waals surface area contributed by atoms with Crippen molar-refractivity contribution in [2.45, 2.75) is 24.7 Å². The summed E-state index contributed by atoms with van der Waals surface area (Å²) in [5.74, 6) is 2.82. The predicted octanol–water partition coefficient (Wildman–Crippen LogP) is 4.70. The van der Waals surface area contributed by atoms with Crippen LogP contribution in [0.3, 0.4) is 0 Å². The number of anilines is 1. The fourth-order valence-corrected chi connectivity index (χ4v) is 4.58. The number of amides is 1. The number of benzene rings is 3. The van der Waals surface area contributed by atoms with E-state index in [1.807, 2.05) is 83.4 Å². The van der Waals surface area contributed by atoms with Crippen molar-refractivity contribution >= 4 is 23.4 Å². The number of thioether (sulfide) groups is 1. The van der Waals surface area contributed by atoms with Gasteiger partial charge in [-0.25, -0.2) is 0 Å². The summed E-state index contributed by atoms with van der Waals surface area (Å²) in [7, 11) is 3.27. The van der Waals surface area contributed by atoms with Crippen molar-refractivity contribution in [2.24, 2.45) is 0 Å². The van der Waals surface area contributed by atoms with Crippen molar-refractivity contribution in [3.8, 4) is 17.2 Å². The fourth-order valence-electron chi connectivity index (χ4n) is 3.68. The maximum Gasteiger partial charge on any atom is 0.221 e. The maximum atomic E-state index is 12.5. The van der Waals surface area contributed by atoms with E-state index in [9.17, 15) is 4.79 Å². The summed E-state index contributed by atoms with van der Waals surface area (Å²) >= 11 is 1.50. The molecule has 3 aromatic carbocycles. The molecule has 2 N–H and O–H groups in total. The zero-order chi connectivity index (χ0) is 25.2. The van der Waals surface area contributed by atoms with Crippen molar-refractivity contribution in [3.63, 3.8) is 0 Å². The molecular formula is C27H29N5O3S. The number of aromatic nitrogens is 3. The number of rotatable bonds is 12. The third kappa shape index (κ3) is 6.37. The summed E-state index contributed by atoms with van der Waals surface area (Å²) in [5.41, 5.74) is 2.78. The highest BCUT2D eigenvalue weighted by Crippen LogP contribution is 2.26. The molecule has 36 heavy (non-hydrogen) atoms.